The summed E-state index contributed by atoms with van der Waals surface area (Å²) in [6.07, 6.45) is 2.38. The Bertz CT molecular complexity index is 613. The molecule has 1 atom stereocenters. The fourth-order valence-electron chi connectivity index (χ4n) is 3.54. The summed E-state index contributed by atoms with van der Waals surface area (Å²) < 4.78 is 0. The maximum Gasteiger partial charge on any atom is 0.0616 e. The van der Waals surface area contributed by atoms with E-state index in [1.54, 1.807) is 10.4 Å². The molecule has 1 aliphatic heterocycles. The number of benzene rings is 1. The minimum Gasteiger partial charge on any atom is -0.315 e. The second-order valence-electron chi connectivity index (χ2n) is 5.84. The summed E-state index contributed by atoms with van der Waals surface area (Å²) in [6, 6.07) is 12.5. The van der Waals surface area contributed by atoms with E-state index in [2.05, 4.69) is 53.0 Å². The van der Waals surface area contributed by atoms with Gasteiger partial charge in [0.15, 0.2) is 0 Å². The summed E-state index contributed by atoms with van der Waals surface area (Å²) in [5.74, 6) is 0. The number of hydrogen-bond acceptors (Lipinski definition) is 3. The van der Waals surface area contributed by atoms with E-state index in [0.29, 0.717) is 12.1 Å². The summed E-state index contributed by atoms with van der Waals surface area (Å²) >= 11 is 1.93. The van der Waals surface area contributed by atoms with E-state index in [1.807, 2.05) is 11.3 Å². The number of nitrogens with zero attached hydrogens (tertiary/aromatic N) is 1. The molecule has 0 spiro atoms. The molecule has 0 amide bonds. The van der Waals surface area contributed by atoms with Gasteiger partial charge in [0.1, 0.15) is 0 Å². The lowest BCUT2D eigenvalue weighted by Crippen LogP contribution is -2.58. The van der Waals surface area contributed by atoms with Crippen molar-refractivity contribution >= 4 is 11.3 Å². The van der Waals surface area contributed by atoms with Gasteiger partial charge in [-0.15, -0.1) is 11.3 Å². The maximum absolute atomic E-state index is 3.39. The van der Waals surface area contributed by atoms with Gasteiger partial charge in [-0.2, -0.15) is 0 Å². The van der Waals surface area contributed by atoms with Crippen LogP contribution in [0.1, 0.15) is 27.6 Å². The molecular formula is C17H20N2S. The third-order valence-corrected chi connectivity index (χ3v) is 5.73. The first-order chi connectivity index (χ1) is 9.86. The Hall–Kier alpha value is -1.16. The van der Waals surface area contributed by atoms with Gasteiger partial charge >= 0.3 is 0 Å². The lowest BCUT2D eigenvalue weighted by atomic mass is 9.92. The highest BCUT2D eigenvalue weighted by Gasteiger charge is 2.36. The summed E-state index contributed by atoms with van der Waals surface area (Å²) in [4.78, 5) is 4.20. The first kappa shape index (κ1) is 12.6. The number of thiophene rings is 1. The van der Waals surface area contributed by atoms with Crippen LogP contribution in [0.2, 0.25) is 0 Å². The highest BCUT2D eigenvalue weighted by molar-refractivity contribution is 7.10. The Morgan fingerprint density at radius 3 is 2.80 bits per heavy atom. The van der Waals surface area contributed by atoms with Crippen LogP contribution in [0.5, 0.6) is 0 Å². The first-order valence-electron chi connectivity index (χ1n) is 7.42. The molecule has 1 unspecified atom stereocenters. The average molecular weight is 284 g/mol. The maximum atomic E-state index is 3.39. The Morgan fingerprint density at radius 2 is 1.95 bits per heavy atom. The molecule has 2 nitrogen and oxygen atoms in total. The minimum atomic E-state index is 0.472. The fourth-order valence-corrected chi connectivity index (χ4v) is 4.46. The van der Waals surface area contributed by atoms with Gasteiger partial charge in [0.25, 0.3) is 0 Å². The van der Waals surface area contributed by atoms with Crippen molar-refractivity contribution < 1.29 is 0 Å². The summed E-state index contributed by atoms with van der Waals surface area (Å²) in [6.45, 7) is 2.32. The van der Waals surface area contributed by atoms with Gasteiger partial charge < -0.3 is 5.32 Å². The molecule has 0 bridgehead atoms. The van der Waals surface area contributed by atoms with Crippen LogP contribution in [-0.4, -0.2) is 31.1 Å². The molecule has 104 valence electrons. The number of likely N-dealkylation sites (N-methyl/N-ethyl adjacent to an activating group) is 1. The Kier molecular flexibility index (Phi) is 3.14. The number of hydrogen-bond donors (Lipinski definition) is 1. The van der Waals surface area contributed by atoms with Gasteiger partial charge in [-0.25, -0.2) is 0 Å². The van der Waals surface area contributed by atoms with Gasteiger partial charge in [-0.3, -0.25) is 4.90 Å². The Balaban J connectivity index is 1.77. The molecule has 20 heavy (non-hydrogen) atoms. The van der Waals surface area contributed by atoms with Crippen molar-refractivity contribution in [2.45, 2.75) is 24.9 Å². The van der Waals surface area contributed by atoms with Crippen molar-refractivity contribution in [2.75, 3.05) is 20.1 Å². The molecule has 1 aliphatic carbocycles. The Labute approximate surface area is 124 Å². The molecule has 3 heteroatoms. The molecule has 1 fully saturated rings. The molecule has 0 radical (unpaired) electrons. The average Bonchev–Trinajstić information content (AvgIpc) is 2.83. The van der Waals surface area contributed by atoms with Crippen LogP contribution in [0.25, 0.3) is 0 Å². The molecule has 2 heterocycles. The van der Waals surface area contributed by atoms with Gasteiger partial charge in [0.2, 0.25) is 0 Å². The standard InChI is InChI=1S/C17H20N2S/c1-18-13-10-19(11-13)17-14-5-3-2-4-12(14)6-7-16-15(17)8-9-20-16/h2-5,8-9,13,17-18H,6-7,10-11H2,1H3. The van der Waals surface area contributed by atoms with E-state index in [0.717, 1.165) is 13.1 Å². The van der Waals surface area contributed by atoms with Crippen molar-refractivity contribution in [1.29, 1.82) is 0 Å². The molecular weight excluding hydrogens is 264 g/mol. The smallest absolute Gasteiger partial charge is 0.0616 e. The normalized spacial score (nSPS) is 22.8. The quantitative estimate of drug-likeness (QED) is 0.912. The number of nitrogens with one attached hydrogen (secondary N) is 1. The van der Waals surface area contributed by atoms with Crippen LogP contribution < -0.4 is 5.32 Å². The number of aryl methyl sites for hydroxylation is 2. The third kappa shape index (κ3) is 1.93. The zero-order valence-corrected chi connectivity index (χ0v) is 12.6. The van der Waals surface area contributed by atoms with E-state index >= 15 is 0 Å². The molecule has 1 aromatic heterocycles. The van der Waals surface area contributed by atoms with E-state index < -0.39 is 0 Å². The van der Waals surface area contributed by atoms with Gasteiger partial charge in [-0.05, 0) is 48.0 Å². The number of rotatable bonds is 2. The van der Waals surface area contributed by atoms with E-state index in [1.165, 1.54) is 24.0 Å². The van der Waals surface area contributed by atoms with Gasteiger partial charge in [0, 0.05) is 24.0 Å². The fraction of sp³-hybridized carbons (Fsp3) is 0.412. The van der Waals surface area contributed by atoms with E-state index in [9.17, 15) is 0 Å². The van der Waals surface area contributed by atoms with Crippen LogP contribution in [0.15, 0.2) is 35.7 Å². The van der Waals surface area contributed by atoms with Crippen LogP contribution in [0.3, 0.4) is 0 Å². The van der Waals surface area contributed by atoms with Crippen molar-refractivity contribution in [2.24, 2.45) is 0 Å². The molecule has 4 rings (SSSR count). The SMILES string of the molecule is CNC1CN(C2c3ccccc3CCc3sccc32)C1. The zero-order valence-electron chi connectivity index (χ0n) is 11.8. The monoisotopic (exact) mass is 284 g/mol. The first-order valence-corrected chi connectivity index (χ1v) is 8.30. The molecule has 1 aromatic carbocycles. The highest BCUT2D eigenvalue weighted by Crippen LogP contribution is 2.40. The Morgan fingerprint density at radius 1 is 1.10 bits per heavy atom. The predicted molar refractivity (Wildman–Crippen MR) is 84.4 cm³/mol. The molecule has 2 aromatic rings. The summed E-state index contributed by atoms with van der Waals surface area (Å²) in [5.41, 5.74) is 4.61. The molecule has 0 saturated carbocycles. The zero-order chi connectivity index (χ0) is 13.5. The molecule has 1 N–H and O–H groups in total. The van der Waals surface area contributed by atoms with Crippen LogP contribution >= 0.6 is 11.3 Å². The van der Waals surface area contributed by atoms with Crippen LogP contribution in [0.4, 0.5) is 0 Å². The van der Waals surface area contributed by atoms with Crippen molar-refractivity contribution in [3.05, 3.63) is 57.3 Å². The molecule has 2 aliphatic rings. The van der Waals surface area contributed by atoms with Gasteiger partial charge in [-0.1, -0.05) is 24.3 Å². The van der Waals surface area contributed by atoms with Crippen LogP contribution in [-0.2, 0) is 12.8 Å². The van der Waals surface area contributed by atoms with Gasteiger partial charge in [0.05, 0.1) is 6.04 Å². The van der Waals surface area contributed by atoms with Crippen molar-refractivity contribution in [1.82, 2.24) is 10.2 Å². The molecule has 1 saturated heterocycles. The van der Waals surface area contributed by atoms with Crippen molar-refractivity contribution in [3.63, 3.8) is 0 Å². The summed E-state index contributed by atoms with van der Waals surface area (Å²) in [7, 11) is 2.07. The summed E-state index contributed by atoms with van der Waals surface area (Å²) in [5, 5.41) is 5.65. The largest absolute Gasteiger partial charge is 0.315 e. The highest BCUT2D eigenvalue weighted by atomic mass is 32.1. The minimum absolute atomic E-state index is 0.472. The van der Waals surface area contributed by atoms with E-state index in [4.69, 9.17) is 0 Å². The third-order valence-electron chi connectivity index (χ3n) is 4.73. The van der Waals surface area contributed by atoms with Crippen molar-refractivity contribution in [3.8, 4) is 0 Å². The number of fused-ring (bicyclic) bond motifs is 2. The lowest BCUT2D eigenvalue weighted by Gasteiger charge is -2.44. The topological polar surface area (TPSA) is 15.3 Å². The predicted octanol–water partition coefficient (Wildman–Crippen LogP) is 2.84. The number of likely N-dealkylation sites (tertiary alicyclic amines) is 1. The van der Waals surface area contributed by atoms with E-state index in [-0.39, 0.29) is 0 Å². The second-order valence-corrected chi connectivity index (χ2v) is 6.84. The van der Waals surface area contributed by atoms with Crippen LogP contribution in [0, 0.1) is 0 Å². The lowest BCUT2D eigenvalue weighted by molar-refractivity contribution is 0.0976. The second kappa shape index (κ2) is 4.99.